The Labute approximate surface area is 191 Å². The maximum Gasteiger partial charge on any atom is 0.262 e. The van der Waals surface area contributed by atoms with Gasteiger partial charge in [0.15, 0.2) is 0 Å². The molecule has 3 N–H and O–H groups in total. The number of imide groups is 2. The Morgan fingerprint density at radius 2 is 1.82 bits per heavy atom. The van der Waals surface area contributed by atoms with Gasteiger partial charge in [0, 0.05) is 37.5 Å². The average Bonchev–Trinajstić information content (AvgIpc) is 3.19. The van der Waals surface area contributed by atoms with Gasteiger partial charge in [-0.3, -0.25) is 34.3 Å². The van der Waals surface area contributed by atoms with Crippen LogP contribution >= 0.6 is 0 Å². The smallest absolute Gasteiger partial charge is 0.262 e. The van der Waals surface area contributed by atoms with E-state index in [-0.39, 0.29) is 46.9 Å². The number of amides is 4. The number of hydrogen-bond donors (Lipinski definition) is 2. The lowest BCUT2D eigenvalue weighted by Gasteiger charge is -2.36. The molecule has 1 aromatic rings. The molecule has 1 spiro atoms. The Morgan fingerprint density at radius 3 is 2.52 bits per heavy atom. The topological polar surface area (TPSA) is 147 Å². The molecule has 2 unspecified atom stereocenters. The molecule has 5 rings (SSSR count). The molecule has 33 heavy (non-hydrogen) atoms. The van der Waals surface area contributed by atoms with Crippen LogP contribution < -0.4 is 11.1 Å². The molecule has 0 saturated carbocycles. The van der Waals surface area contributed by atoms with E-state index in [4.69, 9.17) is 5.73 Å². The van der Waals surface area contributed by atoms with Crippen molar-refractivity contribution in [3.8, 4) is 0 Å². The van der Waals surface area contributed by atoms with Crippen LogP contribution in [-0.4, -0.2) is 78.5 Å². The van der Waals surface area contributed by atoms with Gasteiger partial charge in [-0.1, -0.05) is 12.1 Å². The van der Waals surface area contributed by atoms with Gasteiger partial charge in [-0.2, -0.15) is 0 Å². The molecule has 4 amide bonds. The minimum absolute atomic E-state index is 0.0696. The molecule has 10 nitrogen and oxygen atoms in total. The van der Waals surface area contributed by atoms with E-state index in [1.807, 2.05) is 0 Å². The summed E-state index contributed by atoms with van der Waals surface area (Å²) in [5, 5.41) is 2.20. The molecule has 3 saturated heterocycles. The summed E-state index contributed by atoms with van der Waals surface area (Å²) in [6, 6.07) is 3.91. The molecule has 0 bridgehead atoms. The Bertz CT molecular complexity index is 1170. The van der Waals surface area contributed by atoms with Crippen molar-refractivity contribution >= 4 is 33.5 Å². The Kier molecular flexibility index (Phi) is 5.18. The van der Waals surface area contributed by atoms with Gasteiger partial charge in [-0.25, -0.2) is 8.42 Å². The van der Waals surface area contributed by atoms with Crippen LogP contribution in [-0.2, 0) is 26.0 Å². The van der Waals surface area contributed by atoms with Gasteiger partial charge in [0.25, 0.3) is 11.8 Å². The summed E-state index contributed by atoms with van der Waals surface area (Å²) in [6.07, 6.45) is 1.24. The van der Waals surface area contributed by atoms with Crippen LogP contribution in [0.5, 0.6) is 0 Å². The molecule has 3 fully saturated rings. The van der Waals surface area contributed by atoms with Gasteiger partial charge in [0.1, 0.15) is 15.9 Å². The van der Waals surface area contributed by atoms with Gasteiger partial charge in [0.2, 0.25) is 11.8 Å². The van der Waals surface area contributed by atoms with Gasteiger partial charge in [-0.15, -0.1) is 0 Å². The van der Waals surface area contributed by atoms with Crippen LogP contribution in [0.2, 0.25) is 0 Å². The van der Waals surface area contributed by atoms with Crippen LogP contribution in [0.15, 0.2) is 18.2 Å². The lowest BCUT2D eigenvalue weighted by molar-refractivity contribution is -0.136. The molecule has 4 heterocycles. The van der Waals surface area contributed by atoms with E-state index in [0.29, 0.717) is 38.0 Å². The highest BCUT2D eigenvalue weighted by Crippen LogP contribution is 2.41. The summed E-state index contributed by atoms with van der Waals surface area (Å²) in [6.45, 7) is 1.60. The summed E-state index contributed by atoms with van der Waals surface area (Å²) in [4.78, 5) is 53.2. The summed E-state index contributed by atoms with van der Waals surface area (Å²) in [7, 11) is -3.01. The number of carbonyl (C=O) groups is 4. The van der Waals surface area contributed by atoms with Crippen molar-refractivity contribution in [1.82, 2.24) is 15.1 Å². The van der Waals surface area contributed by atoms with Crippen molar-refractivity contribution in [2.45, 2.75) is 44.3 Å². The van der Waals surface area contributed by atoms with Crippen LogP contribution in [0.25, 0.3) is 0 Å². The van der Waals surface area contributed by atoms with Crippen molar-refractivity contribution in [3.05, 3.63) is 34.9 Å². The number of nitrogens with two attached hydrogens (primary N) is 1. The molecule has 176 valence electrons. The van der Waals surface area contributed by atoms with E-state index >= 15 is 0 Å². The van der Waals surface area contributed by atoms with Crippen molar-refractivity contribution in [2.75, 3.05) is 24.6 Å². The van der Waals surface area contributed by atoms with Crippen LogP contribution in [0.1, 0.15) is 52.0 Å². The number of nitrogens with one attached hydrogen (secondary N) is 1. The van der Waals surface area contributed by atoms with E-state index in [0.717, 1.165) is 4.90 Å². The predicted molar refractivity (Wildman–Crippen MR) is 117 cm³/mol. The monoisotopic (exact) mass is 474 g/mol. The number of hydrogen-bond acceptors (Lipinski definition) is 8. The quantitative estimate of drug-likeness (QED) is 0.554. The van der Waals surface area contributed by atoms with E-state index in [2.05, 4.69) is 10.2 Å². The third-order valence-corrected chi connectivity index (χ3v) is 9.20. The predicted octanol–water partition coefficient (Wildman–Crippen LogP) is -0.574. The molecular weight excluding hydrogens is 448 g/mol. The molecule has 11 heteroatoms. The van der Waals surface area contributed by atoms with E-state index in [9.17, 15) is 27.6 Å². The van der Waals surface area contributed by atoms with Gasteiger partial charge < -0.3 is 5.73 Å². The highest BCUT2D eigenvalue weighted by Gasteiger charge is 2.49. The first-order valence-corrected chi connectivity index (χ1v) is 12.9. The largest absolute Gasteiger partial charge is 0.326 e. The number of rotatable bonds is 3. The molecule has 0 aliphatic carbocycles. The average molecular weight is 475 g/mol. The minimum atomic E-state index is -3.01. The van der Waals surface area contributed by atoms with E-state index in [1.54, 1.807) is 18.2 Å². The Morgan fingerprint density at radius 1 is 1.09 bits per heavy atom. The second-order valence-electron chi connectivity index (χ2n) is 9.58. The van der Waals surface area contributed by atoms with Crippen LogP contribution in [0.3, 0.4) is 0 Å². The van der Waals surface area contributed by atoms with Crippen molar-refractivity contribution in [1.29, 1.82) is 0 Å². The van der Waals surface area contributed by atoms with Crippen LogP contribution in [0.4, 0.5) is 0 Å². The first-order valence-electron chi connectivity index (χ1n) is 11.1. The molecule has 0 aromatic heterocycles. The van der Waals surface area contributed by atoms with Crippen molar-refractivity contribution in [2.24, 2.45) is 11.1 Å². The fourth-order valence-corrected chi connectivity index (χ4v) is 7.29. The first-order chi connectivity index (χ1) is 15.6. The first kappa shape index (κ1) is 22.2. The molecule has 4 aliphatic heterocycles. The standard InChI is InChI=1S/C22H26N4O6S/c23-16-11-25(12-22(16)6-8-33(31,32)9-7-22)10-13-2-1-3-14-18(13)21(30)26(20(14)29)15-4-5-17(27)24-19(15)28/h1-3,15-16H,4-12,23H2,(H,24,27,28). The summed E-state index contributed by atoms with van der Waals surface area (Å²) in [5.41, 5.74) is 7.40. The minimum Gasteiger partial charge on any atom is -0.326 e. The van der Waals surface area contributed by atoms with Gasteiger partial charge >= 0.3 is 0 Å². The van der Waals surface area contributed by atoms with E-state index < -0.39 is 39.5 Å². The fourth-order valence-electron chi connectivity index (χ4n) is 5.65. The third-order valence-electron chi connectivity index (χ3n) is 7.55. The Hall–Kier alpha value is -2.63. The normalized spacial score (nSPS) is 28.9. The SMILES string of the molecule is NC1CN(Cc2cccc3c2C(=O)N(C2CCC(=O)NC2=O)C3=O)CC12CCS(=O)(=O)CC2. The highest BCUT2D eigenvalue weighted by atomic mass is 32.2. The highest BCUT2D eigenvalue weighted by molar-refractivity contribution is 7.91. The number of piperidine rings is 1. The third kappa shape index (κ3) is 3.68. The molecular formula is C22H26N4O6S. The summed E-state index contributed by atoms with van der Waals surface area (Å²) in [5.74, 6) is -1.82. The lowest BCUT2D eigenvalue weighted by atomic mass is 9.78. The number of likely N-dealkylation sites (tertiary alicyclic amines) is 1. The van der Waals surface area contributed by atoms with Crippen LogP contribution in [0, 0.1) is 5.41 Å². The number of sulfone groups is 1. The van der Waals surface area contributed by atoms with Crippen molar-refractivity contribution in [3.63, 3.8) is 0 Å². The number of carbonyl (C=O) groups excluding carboxylic acids is 4. The molecule has 0 radical (unpaired) electrons. The summed E-state index contributed by atoms with van der Waals surface area (Å²) >= 11 is 0. The van der Waals surface area contributed by atoms with Crippen molar-refractivity contribution < 1.29 is 27.6 Å². The molecule has 4 aliphatic rings. The molecule has 1 aromatic carbocycles. The summed E-state index contributed by atoms with van der Waals surface area (Å²) < 4.78 is 23.8. The Balaban J connectivity index is 1.37. The van der Waals surface area contributed by atoms with E-state index in [1.165, 1.54) is 0 Å². The number of nitrogens with zero attached hydrogens (tertiary/aromatic N) is 2. The van der Waals surface area contributed by atoms with Gasteiger partial charge in [0.05, 0.1) is 22.6 Å². The second-order valence-corrected chi connectivity index (χ2v) is 11.9. The maximum absolute atomic E-state index is 13.3. The van der Waals surface area contributed by atoms with Gasteiger partial charge in [-0.05, 0) is 30.9 Å². The zero-order valence-electron chi connectivity index (χ0n) is 18.1. The number of fused-ring (bicyclic) bond motifs is 1. The fraction of sp³-hybridized carbons (Fsp3) is 0.545. The zero-order valence-corrected chi connectivity index (χ0v) is 18.9. The zero-order chi connectivity index (χ0) is 23.5. The lowest BCUT2D eigenvalue weighted by Crippen LogP contribution is -2.54. The number of benzene rings is 1. The maximum atomic E-state index is 13.3. The second kappa shape index (κ2) is 7.71. The molecule has 2 atom stereocenters.